The number of carbonyl (C=O) groups excluding carboxylic acids is 2. The first-order valence-electron chi connectivity index (χ1n) is 15.4. The summed E-state index contributed by atoms with van der Waals surface area (Å²) in [6.45, 7) is 2.49. The monoisotopic (exact) mass is 629 g/mol. The average Bonchev–Trinajstić information content (AvgIpc) is 3.05. The number of esters is 1. The number of alkyl halides is 3. The third-order valence-electron chi connectivity index (χ3n) is 8.35. The van der Waals surface area contributed by atoms with E-state index >= 15 is 0 Å². The zero-order chi connectivity index (χ0) is 32.7. The number of amides is 1. The zero-order valence-corrected chi connectivity index (χ0v) is 26.0. The minimum atomic E-state index is -4.43. The largest absolute Gasteiger partial charge is 0.463 e. The molecule has 46 heavy (non-hydrogen) atoms. The fourth-order valence-electron chi connectivity index (χ4n) is 5.84. The van der Waals surface area contributed by atoms with Gasteiger partial charge in [-0.1, -0.05) is 72.8 Å². The Morgan fingerprint density at radius 2 is 1.50 bits per heavy atom. The molecule has 9 heteroatoms. The van der Waals surface area contributed by atoms with Crippen molar-refractivity contribution in [1.82, 2.24) is 9.80 Å². The van der Waals surface area contributed by atoms with E-state index in [-0.39, 0.29) is 11.9 Å². The standard InChI is InChI=1S/C37H38F3N3O3/c1-42(2)24-25-46-36(45)34(29-8-4-3-5-9-29)43-22-20-27(21-23-43)26-14-18-31(19-15-26)41-35(44)33-11-7-6-10-32(33)28-12-16-30(17-13-28)37(38,39)40/h3-19,27,34H,20-25H2,1-2H3,(H,41,44). The lowest BCUT2D eigenvalue weighted by Crippen LogP contribution is -2.40. The van der Waals surface area contributed by atoms with Crippen LogP contribution in [0.1, 0.15) is 51.8 Å². The summed E-state index contributed by atoms with van der Waals surface area (Å²) in [5.74, 6) is -0.268. The molecule has 4 aromatic rings. The van der Waals surface area contributed by atoms with E-state index in [1.807, 2.05) is 73.6 Å². The number of hydrogen-bond acceptors (Lipinski definition) is 5. The van der Waals surface area contributed by atoms with Crippen LogP contribution >= 0.6 is 0 Å². The van der Waals surface area contributed by atoms with Crippen LogP contribution in [0.4, 0.5) is 18.9 Å². The summed E-state index contributed by atoms with van der Waals surface area (Å²) in [4.78, 5) is 30.6. The van der Waals surface area contributed by atoms with E-state index in [9.17, 15) is 22.8 Å². The molecule has 0 radical (unpaired) electrons. The minimum absolute atomic E-state index is 0.230. The van der Waals surface area contributed by atoms with Gasteiger partial charge in [0.25, 0.3) is 5.91 Å². The molecule has 1 aliphatic rings. The number of anilines is 1. The molecule has 4 aromatic carbocycles. The first-order valence-corrected chi connectivity index (χ1v) is 15.4. The molecule has 1 amide bonds. The molecule has 1 fully saturated rings. The van der Waals surface area contributed by atoms with Gasteiger partial charge in [-0.15, -0.1) is 0 Å². The quantitative estimate of drug-likeness (QED) is 0.183. The second-order valence-electron chi connectivity index (χ2n) is 11.8. The molecule has 1 saturated heterocycles. The Morgan fingerprint density at radius 3 is 2.13 bits per heavy atom. The third-order valence-corrected chi connectivity index (χ3v) is 8.35. The molecule has 1 aliphatic heterocycles. The highest BCUT2D eigenvalue weighted by atomic mass is 19.4. The van der Waals surface area contributed by atoms with Crippen molar-refractivity contribution in [3.05, 3.63) is 125 Å². The van der Waals surface area contributed by atoms with Gasteiger partial charge >= 0.3 is 12.1 Å². The fourth-order valence-corrected chi connectivity index (χ4v) is 5.84. The molecule has 0 aromatic heterocycles. The maximum absolute atomic E-state index is 13.3. The van der Waals surface area contributed by atoms with Crippen LogP contribution in [0.5, 0.6) is 0 Å². The molecule has 5 rings (SSSR count). The molecular formula is C37H38F3N3O3. The van der Waals surface area contributed by atoms with E-state index in [0.717, 1.165) is 49.2 Å². The van der Waals surface area contributed by atoms with Crippen LogP contribution in [-0.4, -0.2) is 62.0 Å². The van der Waals surface area contributed by atoms with Gasteiger partial charge in [-0.05, 0) is 98.5 Å². The highest BCUT2D eigenvalue weighted by Crippen LogP contribution is 2.34. The molecule has 1 unspecified atom stereocenters. The first-order chi connectivity index (χ1) is 22.1. The molecular weight excluding hydrogens is 591 g/mol. The summed E-state index contributed by atoms with van der Waals surface area (Å²) in [5.41, 5.74) is 3.41. The number of nitrogens with one attached hydrogen (secondary N) is 1. The molecule has 6 nitrogen and oxygen atoms in total. The van der Waals surface area contributed by atoms with E-state index in [4.69, 9.17) is 4.74 Å². The zero-order valence-electron chi connectivity index (χ0n) is 26.0. The number of halogens is 3. The van der Waals surface area contributed by atoms with Crippen molar-refractivity contribution in [2.75, 3.05) is 45.7 Å². The van der Waals surface area contributed by atoms with E-state index in [0.29, 0.717) is 41.4 Å². The van der Waals surface area contributed by atoms with Gasteiger partial charge in [0, 0.05) is 17.8 Å². The Morgan fingerprint density at radius 1 is 0.870 bits per heavy atom. The summed E-state index contributed by atoms with van der Waals surface area (Å²) < 4.78 is 44.8. The number of likely N-dealkylation sites (tertiary alicyclic amines) is 1. The van der Waals surface area contributed by atoms with Crippen LogP contribution in [-0.2, 0) is 15.7 Å². The second-order valence-corrected chi connectivity index (χ2v) is 11.8. The summed E-state index contributed by atoms with van der Waals surface area (Å²) in [6, 6.07) is 28.7. The number of nitrogens with zero attached hydrogens (tertiary/aromatic N) is 2. The van der Waals surface area contributed by atoms with Crippen LogP contribution in [0.2, 0.25) is 0 Å². The van der Waals surface area contributed by atoms with Crippen LogP contribution in [0.25, 0.3) is 11.1 Å². The Kier molecular flexibility index (Phi) is 10.6. The van der Waals surface area contributed by atoms with Crippen LogP contribution in [0.3, 0.4) is 0 Å². The molecule has 0 saturated carbocycles. The van der Waals surface area contributed by atoms with Crippen LogP contribution in [0.15, 0.2) is 103 Å². The van der Waals surface area contributed by atoms with Crippen molar-refractivity contribution in [2.24, 2.45) is 0 Å². The predicted molar refractivity (Wildman–Crippen MR) is 174 cm³/mol. The number of benzene rings is 4. The lowest BCUT2D eigenvalue weighted by Gasteiger charge is -2.36. The van der Waals surface area contributed by atoms with Crippen molar-refractivity contribution in [3.8, 4) is 11.1 Å². The van der Waals surface area contributed by atoms with E-state index in [1.165, 1.54) is 12.1 Å². The molecule has 240 valence electrons. The first kappa shape index (κ1) is 32.9. The number of hydrogen-bond donors (Lipinski definition) is 1. The van der Waals surface area contributed by atoms with E-state index in [2.05, 4.69) is 10.2 Å². The summed E-state index contributed by atoms with van der Waals surface area (Å²) >= 11 is 0. The van der Waals surface area contributed by atoms with Gasteiger partial charge in [-0.3, -0.25) is 9.69 Å². The second kappa shape index (κ2) is 14.7. The molecule has 0 aliphatic carbocycles. The Balaban J connectivity index is 1.21. The van der Waals surface area contributed by atoms with Gasteiger partial charge < -0.3 is 15.0 Å². The molecule has 1 atom stereocenters. The third kappa shape index (κ3) is 8.21. The normalized spacial score (nSPS) is 15.0. The minimum Gasteiger partial charge on any atom is -0.463 e. The molecule has 1 N–H and O–H groups in total. The molecule has 0 spiro atoms. The lowest BCUT2D eigenvalue weighted by atomic mass is 9.88. The van der Waals surface area contributed by atoms with Crippen molar-refractivity contribution >= 4 is 17.6 Å². The summed E-state index contributed by atoms with van der Waals surface area (Å²) in [6.07, 6.45) is -2.68. The number of ether oxygens (including phenoxy) is 1. The Bertz CT molecular complexity index is 1600. The van der Waals surface area contributed by atoms with E-state index < -0.39 is 17.8 Å². The maximum atomic E-state index is 13.3. The Hall–Kier alpha value is -4.47. The fraction of sp³-hybridized carbons (Fsp3) is 0.297. The predicted octanol–water partition coefficient (Wildman–Crippen LogP) is 7.65. The van der Waals surface area contributed by atoms with Crippen molar-refractivity contribution in [3.63, 3.8) is 0 Å². The smallest absolute Gasteiger partial charge is 0.416 e. The van der Waals surface area contributed by atoms with Gasteiger partial charge in [0.05, 0.1) is 5.56 Å². The van der Waals surface area contributed by atoms with Crippen molar-refractivity contribution in [1.29, 1.82) is 0 Å². The average molecular weight is 630 g/mol. The number of rotatable bonds is 10. The van der Waals surface area contributed by atoms with Gasteiger partial charge in [0.2, 0.25) is 0 Å². The summed E-state index contributed by atoms with van der Waals surface area (Å²) in [5, 5.41) is 2.93. The maximum Gasteiger partial charge on any atom is 0.416 e. The number of piperidine rings is 1. The van der Waals surface area contributed by atoms with Gasteiger partial charge in [0.1, 0.15) is 12.6 Å². The highest BCUT2D eigenvalue weighted by Gasteiger charge is 2.33. The molecule has 1 heterocycles. The van der Waals surface area contributed by atoms with Crippen molar-refractivity contribution < 1.29 is 27.5 Å². The van der Waals surface area contributed by atoms with Crippen LogP contribution < -0.4 is 5.32 Å². The van der Waals surface area contributed by atoms with Crippen molar-refractivity contribution in [2.45, 2.75) is 31.0 Å². The summed E-state index contributed by atoms with van der Waals surface area (Å²) in [7, 11) is 3.89. The van der Waals surface area contributed by atoms with Gasteiger partial charge in [-0.25, -0.2) is 4.79 Å². The van der Waals surface area contributed by atoms with E-state index in [1.54, 1.807) is 24.3 Å². The topological polar surface area (TPSA) is 61.9 Å². The highest BCUT2D eigenvalue weighted by molar-refractivity contribution is 6.08. The van der Waals surface area contributed by atoms with Gasteiger partial charge in [0.15, 0.2) is 0 Å². The van der Waals surface area contributed by atoms with Gasteiger partial charge in [-0.2, -0.15) is 13.2 Å². The molecule has 0 bridgehead atoms. The SMILES string of the molecule is CN(C)CCOC(=O)C(c1ccccc1)N1CCC(c2ccc(NC(=O)c3ccccc3-c3ccc(C(F)(F)F)cc3)cc2)CC1. The Labute approximate surface area is 267 Å². The number of carbonyl (C=O) groups is 2. The lowest BCUT2D eigenvalue weighted by molar-refractivity contribution is -0.151. The van der Waals surface area contributed by atoms with Crippen LogP contribution in [0, 0.1) is 0 Å². The number of likely N-dealkylation sites (N-methyl/N-ethyl adjacent to an activating group) is 1.